The number of aromatic nitrogens is 1. The van der Waals surface area contributed by atoms with Gasteiger partial charge in [-0.1, -0.05) is 6.07 Å². The molecule has 2 fully saturated rings. The number of nitrogens with two attached hydrogens (primary N) is 1. The number of carbonyl (C=O) groups excluding carboxylic acids is 1. The third-order valence-corrected chi connectivity index (χ3v) is 5.86. The highest BCUT2D eigenvalue weighted by Crippen LogP contribution is 2.27. The highest BCUT2D eigenvalue weighted by Gasteiger charge is 2.33. The van der Waals surface area contributed by atoms with E-state index >= 15 is 0 Å². The van der Waals surface area contributed by atoms with Crippen LogP contribution in [0.1, 0.15) is 19.3 Å². The van der Waals surface area contributed by atoms with Crippen LogP contribution in [0.25, 0.3) is 10.9 Å². The number of ether oxygens (including phenoxy) is 1. The molecule has 3 N–H and O–H groups in total. The number of fused-ring (bicyclic) bond motifs is 1. The van der Waals surface area contributed by atoms with Crippen LogP contribution in [0.3, 0.4) is 0 Å². The van der Waals surface area contributed by atoms with Crippen molar-refractivity contribution in [3.05, 3.63) is 30.5 Å². The summed E-state index contributed by atoms with van der Waals surface area (Å²) in [5.74, 6) is 0.659. The van der Waals surface area contributed by atoms with E-state index in [1.165, 1.54) is 4.90 Å². The van der Waals surface area contributed by atoms with E-state index in [2.05, 4.69) is 21.3 Å². The fourth-order valence-electron chi connectivity index (χ4n) is 4.20. The smallest absolute Gasteiger partial charge is 0.238 e. The standard InChI is InChI=1S/C21H28FN5O2/c1-29-16-10-17-18(24-11-16)3-2-4-19(17)25-15-5-7-26(8-6-15)13-21(28)27-12-14(22)9-20(27)23/h2-4,10-11,14-15,20,25H,5-9,12-13,23H2,1H3/t14-,20-/m0/s1. The van der Waals surface area contributed by atoms with Gasteiger partial charge < -0.3 is 20.7 Å². The SMILES string of the molecule is COc1cnc2cccc(NC3CCN(CC(=O)N4C[C@@H](F)C[C@H]4N)CC3)c2c1. The van der Waals surface area contributed by atoms with Gasteiger partial charge in [0.1, 0.15) is 11.9 Å². The molecule has 29 heavy (non-hydrogen) atoms. The number of hydrogen-bond acceptors (Lipinski definition) is 6. The number of rotatable bonds is 5. The monoisotopic (exact) mass is 401 g/mol. The van der Waals surface area contributed by atoms with Crippen LogP contribution >= 0.6 is 0 Å². The van der Waals surface area contributed by atoms with Crippen LogP contribution in [0, 0.1) is 0 Å². The number of benzene rings is 1. The molecule has 7 nitrogen and oxygen atoms in total. The first kappa shape index (κ1) is 19.8. The number of nitrogens with zero attached hydrogens (tertiary/aromatic N) is 3. The van der Waals surface area contributed by atoms with E-state index in [1.54, 1.807) is 13.3 Å². The number of piperidine rings is 1. The van der Waals surface area contributed by atoms with Crippen molar-refractivity contribution >= 4 is 22.5 Å². The number of carbonyl (C=O) groups is 1. The molecule has 2 aliphatic heterocycles. The van der Waals surface area contributed by atoms with Gasteiger partial charge in [-0.2, -0.15) is 0 Å². The molecule has 0 radical (unpaired) electrons. The Bertz CT molecular complexity index is 871. The lowest BCUT2D eigenvalue weighted by molar-refractivity contribution is -0.133. The molecule has 0 unspecified atom stereocenters. The van der Waals surface area contributed by atoms with Crippen molar-refractivity contribution in [3.8, 4) is 5.75 Å². The predicted molar refractivity (Wildman–Crippen MR) is 111 cm³/mol. The number of methoxy groups -OCH3 is 1. The zero-order valence-corrected chi connectivity index (χ0v) is 16.7. The van der Waals surface area contributed by atoms with E-state index < -0.39 is 12.3 Å². The average molecular weight is 401 g/mol. The van der Waals surface area contributed by atoms with E-state index in [-0.39, 0.29) is 18.9 Å². The van der Waals surface area contributed by atoms with Crippen molar-refractivity contribution in [3.63, 3.8) is 0 Å². The molecule has 1 aromatic carbocycles. The van der Waals surface area contributed by atoms with Gasteiger partial charge in [0, 0.05) is 36.6 Å². The quantitative estimate of drug-likeness (QED) is 0.797. The Morgan fingerprint density at radius 2 is 2.17 bits per heavy atom. The molecule has 0 spiro atoms. The van der Waals surface area contributed by atoms with E-state index in [0.29, 0.717) is 12.6 Å². The van der Waals surface area contributed by atoms with E-state index in [4.69, 9.17) is 10.5 Å². The second-order valence-electron chi connectivity index (χ2n) is 7.89. The van der Waals surface area contributed by atoms with Crippen LogP contribution in [0.15, 0.2) is 30.5 Å². The number of anilines is 1. The maximum Gasteiger partial charge on any atom is 0.238 e. The number of hydrogen-bond donors (Lipinski definition) is 2. The van der Waals surface area contributed by atoms with Crippen molar-refractivity contribution in [1.29, 1.82) is 0 Å². The maximum absolute atomic E-state index is 13.5. The van der Waals surface area contributed by atoms with E-state index in [0.717, 1.165) is 48.3 Å². The minimum Gasteiger partial charge on any atom is -0.495 e. The van der Waals surface area contributed by atoms with Crippen LogP contribution in [-0.4, -0.2) is 72.4 Å². The number of amides is 1. The van der Waals surface area contributed by atoms with Crippen LogP contribution in [0.4, 0.5) is 10.1 Å². The van der Waals surface area contributed by atoms with Gasteiger partial charge in [0.2, 0.25) is 5.91 Å². The Hall–Kier alpha value is -2.45. The second-order valence-corrected chi connectivity index (χ2v) is 7.89. The zero-order valence-electron chi connectivity index (χ0n) is 16.7. The summed E-state index contributed by atoms with van der Waals surface area (Å²) in [6, 6.07) is 8.36. The molecule has 1 amide bonds. The summed E-state index contributed by atoms with van der Waals surface area (Å²) in [5, 5.41) is 4.67. The molecule has 3 heterocycles. The van der Waals surface area contributed by atoms with E-state index in [9.17, 15) is 9.18 Å². The number of likely N-dealkylation sites (tertiary alicyclic amines) is 2. The molecule has 0 aliphatic carbocycles. The molecule has 8 heteroatoms. The molecular weight excluding hydrogens is 373 g/mol. The van der Waals surface area contributed by atoms with Crippen molar-refractivity contribution in [2.24, 2.45) is 5.73 Å². The zero-order chi connectivity index (χ0) is 20.4. The molecule has 156 valence electrons. The molecular formula is C21H28FN5O2. The summed E-state index contributed by atoms with van der Waals surface area (Å²) >= 11 is 0. The molecule has 0 bridgehead atoms. The number of nitrogens with one attached hydrogen (secondary N) is 1. The number of pyridine rings is 1. The van der Waals surface area contributed by atoms with Crippen LogP contribution in [0.5, 0.6) is 5.75 Å². The predicted octanol–water partition coefficient (Wildman–Crippen LogP) is 1.97. The Labute approximate surface area is 170 Å². The third-order valence-electron chi connectivity index (χ3n) is 5.86. The fourth-order valence-corrected chi connectivity index (χ4v) is 4.20. The topological polar surface area (TPSA) is 83.7 Å². The van der Waals surface area contributed by atoms with Crippen molar-refractivity contribution in [2.45, 2.75) is 37.6 Å². The number of halogens is 1. The summed E-state index contributed by atoms with van der Waals surface area (Å²) in [5.41, 5.74) is 7.84. The van der Waals surface area contributed by atoms with E-state index in [1.807, 2.05) is 18.2 Å². The lowest BCUT2D eigenvalue weighted by Gasteiger charge is -2.34. The molecule has 2 aliphatic rings. The van der Waals surface area contributed by atoms with Crippen molar-refractivity contribution in [1.82, 2.24) is 14.8 Å². The van der Waals surface area contributed by atoms with Gasteiger partial charge in [-0.05, 0) is 31.0 Å². The molecule has 2 aromatic rings. The van der Waals surface area contributed by atoms with Gasteiger partial charge in [-0.25, -0.2) is 4.39 Å². The van der Waals surface area contributed by atoms with Gasteiger partial charge >= 0.3 is 0 Å². The second kappa shape index (κ2) is 8.51. The van der Waals surface area contributed by atoms with Crippen LogP contribution in [-0.2, 0) is 4.79 Å². The molecule has 2 saturated heterocycles. The summed E-state index contributed by atoms with van der Waals surface area (Å²) < 4.78 is 18.8. The summed E-state index contributed by atoms with van der Waals surface area (Å²) in [6.45, 7) is 2.06. The Balaban J connectivity index is 1.33. The normalized spacial score (nSPS) is 23.5. The summed E-state index contributed by atoms with van der Waals surface area (Å²) in [7, 11) is 1.64. The van der Waals surface area contributed by atoms with Gasteiger partial charge in [-0.3, -0.25) is 14.7 Å². The fraction of sp³-hybridized carbons (Fsp3) is 0.524. The Morgan fingerprint density at radius 1 is 1.38 bits per heavy atom. The molecule has 4 rings (SSSR count). The highest BCUT2D eigenvalue weighted by atomic mass is 19.1. The molecule has 1 aromatic heterocycles. The van der Waals surface area contributed by atoms with Crippen molar-refractivity contribution < 1.29 is 13.9 Å². The summed E-state index contributed by atoms with van der Waals surface area (Å²) in [4.78, 5) is 20.5. The summed E-state index contributed by atoms with van der Waals surface area (Å²) in [6.07, 6.45) is 2.32. The largest absolute Gasteiger partial charge is 0.495 e. The van der Waals surface area contributed by atoms with Crippen molar-refractivity contribution in [2.75, 3.05) is 38.6 Å². The lowest BCUT2D eigenvalue weighted by Crippen LogP contribution is -2.48. The van der Waals surface area contributed by atoms with Gasteiger partial charge in [-0.15, -0.1) is 0 Å². The lowest BCUT2D eigenvalue weighted by atomic mass is 10.0. The average Bonchev–Trinajstić information content (AvgIpc) is 3.07. The van der Waals surface area contributed by atoms with Gasteiger partial charge in [0.25, 0.3) is 0 Å². The minimum atomic E-state index is -1.00. The molecule has 2 atom stereocenters. The Morgan fingerprint density at radius 3 is 2.86 bits per heavy atom. The first-order valence-corrected chi connectivity index (χ1v) is 10.1. The maximum atomic E-state index is 13.5. The first-order valence-electron chi connectivity index (χ1n) is 10.1. The number of alkyl halides is 1. The van der Waals surface area contributed by atoms with Gasteiger partial charge in [0.15, 0.2) is 0 Å². The van der Waals surface area contributed by atoms with Crippen LogP contribution in [0.2, 0.25) is 0 Å². The Kier molecular flexibility index (Phi) is 5.82. The minimum absolute atomic E-state index is 0.0729. The van der Waals surface area contributed by atoms with Gasteiger partial charge in [0.05, 0.1) is 38.1 Å². The first-order chi connectivity index (χ1) is 14.0. The van der Waals surface area contributed by atoms with Crippen LogP contribution < -0.4 is 15.8 Å². The third kappa shape index (κ3) is 4.43. The molecule has 0 saturated carbocycles. The highest BCUT2D eigenvalue weighted by molar-refractivity contribution is 5.92.